The van der Waals surface area contributed by atoms with Crippen LogP contribution >= 0.6 is 0 Å². The van der Waals surface area contributed by atoms with E-state index in [0.29, 0.717) is 4.90 Å². The molecule has 0 radical (unpaired) electrons. The lowest BCUT2D eigenvalue weighted by molar-refractivity contribution is -0.146. The Kier molecular flexibility index (Phi) is 4.52. The summed E-state index contributed by atoms with van der Waals surface area (Å²) in [6, 6.07) is 0. The summed E-state index contributed by atoms with van der Waals surface area (Å²) in [5.74, 6) is -1.50. The molecule has 2 amide bonds. The zero-order valence-corrected chi connectivity index (χ0v) is 10.4. The molecular weight excluding hydrogens is 265 g/mol. The van der Waals surface area contributed by atoms with E-state index in [1.165, 1.54) is 20.3 Å². The van der Waals surface area contributed by atoms with Gasteiger partial charge in [0.15, 0.2) is 0 Å². The second kappa shape index (κ2) is 5.72. The van der Waals surface area contributed by atoms with E-state index in [2.05, 4.69) is 10.2 Å². The largest absolute Gasteiger partial charge is 0.406 e. The van der Waals surface area contributed by atoms with E-state index in [4.69, 9.17) is 0 Å². The fourth-order valence-electron chi connectivity index (χ4n) is 1.27. The van der Waals surface area contributed by atoms with E-state index < -0.39 is 31.1 Å². The Morgan fingerprint density at radius 2 is 2.00 bits per heavy atom. The van der Waals surface area contributed by atoms with Gasteiger partial charge in [-0.15, -0.1) is 0 Å². The van der Waals surface area contributed by atoms with Gasteiger partial charge < -0.3 is 9.80 Å². The van der Waals surface area contributed by atoms with Crippen molar-refractivity contribution < 1.29 is 22.8 Å². The number of hydrogen-bond acceptors (Lipinski definition) is 3. The van der Waals surface area contributed by atoms with E-state index in [9.17, 15) is 22.8 Å². The Morgan fingerprint density at radius 3 is 2.42 bits per heavy atom. The quantitative estimate of drug-likeness (QED) is 0.872. The maximum Gasteiger partial charge on any atom is 0.406 e. The number of alkyl halides is 3. The molecule has 1 aromatic rings. The van der Waals surface area contributed by atoms with E-state index in [1.807, 2.05) is 0 Å². The molecule has 1 aromatic heterocycles. The van der Waals surface area contributed by atoms with Crippen molar-refractivity contribution in [1.82, 2.24) is 20.0 Å². The molecule has 19 heavy (non-hydrogen) atoms. The summed E-state index contributed by atoms with van der Waals surface area (Å²) in [6.45, 7) is -2.13. The summed E-state index contributed by atoms with van der Waals surface area (Å²) in [7, 11) is 2.80. The summed E-state index contributed by atoms with van der Waals surface area (Å²) in [6.07, 6.45) is -2.30. The molecule has 0 spiro atoms. The molecule has 1 heterocycles. The predicted molar refractivity (Wildman–Crippen MR) is 59.2 cm³/mol. The van der Waals surface area contributed by atoms with Crippen molar-refractivity contribution in [3.05, 3.63) is 18.0 Å². The molecule has 1 rings (SSSR count). The van der Waals surface area contributed by atoms with Gasteiger partial charge in [0.25, 0.3) is 5.91 Å². The van der Waals surface area contributed by atoms with Crippen LogP contribution in [0.15, 0.2) is 12.4 Å². The zero-order valence-electron chi connectivity index (χ0n) is 10.4. The molecule has 1 N–H and O–H groups in total. The average molecular weight is 278 g/mol. The number of nitrogens with zero attached hydrogens (tertiary/aromatic N) is 3. The van der Waals surface area contributed by atoms with Gasteiger partial charge in [0.1, 0.15) is 13.1 Å². The molecule has 0 aliphatic rings. The van der Waals surface area contributed by atoms with E-state index in [0.717, 1.165) is 11.1 Å². The Labute approximate surface area is 107 Å². The van der Waals surface area contributed by atoms with Crippen molar-refractivity contribution in [1.29, 1.82) is 0 Å². The van der Waals surface area contributed by atoms with E-state index in [-0.39, 0.29) is 5.56 Å². The molecule has 0 aliphatic heterocycles. The van der Waals surface area contributed by atoms with Crippen LogP contribution in [0.1, 0.15) is 10.4 Å². The SMILES string of the molecule is CN(C)C(=O)CN(CC(F)(F)F)C(=O)c1cn[nH]c1. The van der Waals surface area contributed by atoms with Crippen LogP contribution in [0.2, 0.25) is 0 Å². The van der Waals surface area contributed by atoms with Crippen LogP contribution in [0.4, 0.5) is 13.2 Å². The Morgan fingerprint density at radius 1 is 1.37 bits per heavy atom. The topological polar surface area (TPSA) is 69.3 Å². The lowest BCUT2D eigenvalue weighted by Gasteiger charge is -2.24. The first-order chi connectivity index (χ1) is 8.70. The van der Waals surface area contributed by atoms with Crippen molar-refractivity contribution in [2.45, 2.75) is 6.18 Å². The predicted octanol–water partition coefficient (Wildman–Crippen LogP) is 0.502. The molecule has 0 unspecified atom stereocenters. The fourth-order valence-corrected chi connectivity index (χ4v) is 1.27. The van der Waals surface area contributed by atoms with E-state index in [1.54, 1.807) is 0 Å². The van der Waals surface area contributed by atoms with Crippen molar-refractivity contribution in [3.63, 3.8) is 0 Å². The maximum absolute atomic E-state index is 12.4. The highest BCUT2D eigenvalue weighted by Crippen LogP contribution is 2.18. The van der Waals surface area contributed by atoms with E-state index >= 15 is 0 Å². The summed E-state index contributed by atoms with van der Waals surface area (Å²) < 4.78 is 37.3. The van der Waals surface area contributed by atoms with Gasteiger partial charge in [0.05, 0.1) is 11.8 Å². The number of halogens is 3. The van der Waals surface area contributed by atoms with Crippen LogP contribution in [0, 0.1) is 0 Å². The first-order valence-corrected chi connectivity index (χ1v) is 5.25. The van der Waals surface area contributed by atoms with Gasteiger partial charge in [-0.1, -0.05) is 0 Å². The molecule has 0 saturated heterocycles. The van der Waals surface area contributed by atoms with Crippen molar-refractivity contribution in [3.8, 4) is 0 Å². The summed E-state index contributed by atoms with van der Waals surface area (Å²) in [5.41, 5.74) is -0.0317. The second-order valence-corrected chi connectivity index (χ2v) is 4.05. The number of aromatic amines is 1. The number of rotatable bonds is 4. The lowest BCUT2D eigenvalue weighted by Crippen LogP contribution is -2.44. The highest BCUT2D eigenvalue weighted by atomic mass is 19.4. The van der Waals surface area contributed by atoms with Gasteiger partial charge in [0.2, 0.25) is 5.91 Å². The zero-order chi connectivity index (χ0) is 14.6. The molecule has 0 atom stereocenters. The summed E-state index contributed by atoms with van der Waals surface area (Å²) in [4.78, 5) is 24.8. The van der Waals surface area contributed by atoms with Crippen molar-refractivity contribution in [2.24, 2.45) is 0 Å². The molecular formula is C10H13F3N4O2. The standard InChI is InChI=1S/C10H13F3N4O2/c1-16(2)8(18)5-17(6-10(11,12)13)9(19)7-3-14-15-4-7/h3-4H,5-6H2,1-2H3,(H,14,15). The molecule has 0 bridgehead atoms. The Balaban J connectivity index is 2.86. The molecule has 0 saturated carbocycles. The number of H-pyrrole nitrogens is 1. The highest BCUT2D eigenvalue weighted by Gasteiger charge is 2.34. The number of aromatic nitrogens is 2. The minimum absolute atomic E-state index is 0.0317. The number of nitrogens with one attached hydrogen (secondary N) is 1. The lowest BCUT2D eigenvalue weighted by atomic mass is 10.3. The number of carbonyl (C=O) groups is 2. The molecule has 6 nitrogen and oxygen atoms in total. The summed E-state index contributed by atoms with van der Waals surface area (Å²) in [5, 5.41) is 5.82. The molecule has 0 fully saturated rings. The van der Waals surface area contributed by atoms with Crippen LogP contribution in [-0.2, 0) is 4.79 Å². The third-order valence-corrected chi connectivity index (χ3v) is 2.23. The number of likely N-dealkylation sites (N-methyl/N-ethyl adjacent to an activating group) is 1. The highest BCUT2D eigenvalue weighted by molar-refractivity contribution is 5.96. The number of hydrogen-bond donors (Lipinski definition) is 1. The first kappa shape index (κ1) is 15.0. The number of amides is 2. The Bertz CT molecular complexity index is 442. The molecule has 106 valence electrons. The third-order valence-electron chi connectivity index (χ3n) is 2.23. The van der Waals surface area contributed by atoms with Crippen LogP contribution in [0.5, 0.6) is 0 Å². The smallest absolute Gasteiger partial charge is 0.347 e. The van der Waals surface area contributed by atoms with Gasteiger partial charge in [-0.05, 0) is 0 Å². The molecule has 0 aliphatic carbocycles. The van der Waals surface area contributed by atoms with Crippen LogP contribution in [0.25, 0.3) is 0 Å². The van der Waals surface area contributed by atoms with Crippen LogP contribution < -0.4 is 0 Å². The van der Waals surface area contributed by atoms with Gasteiger partial charge in [-0.3, -0.25) is 14.7 Å². The van der Waals surface area contributed by atoms with Crippen LogP contribution in [0.3, 0.4) is 0 Å². The summed E-state index contributed by atoms with van der Waals surface area (Å²) >= 11 is 0. The number of carbonyl (C=O) groups excluding carboxylic acids is 2. The van der Waals surface area contributed by atoms with Gasteiger partial charge >= 0.3 is 6.18 Å². The third kappa shape index (κ3) is 4.60. The van der Waals surface area contributed by atoms with Gasteiger partial charge in [-0.2, -0.15) is 18.3 Å². The second-order valence-electron chi connectivity index (χ2n) is 4.05. The van der Waals surface area contributed by atoms with Crippen molar-refractivity contribution in [2.75, 3.05) is 27.2 Å². The van der Waals surface area contributed by atoms with Crippen LogP contribution in [-0.4, -0.2) is 65.2 Å². The van der Waals surface area contributed by atoms with Crippen molar-refractivity contribution >= 4 is 11.8 Å². The monoisotopic (exact) mass is 278 g/mol. The fraction of sp³-hybridized carbons (Fsp3) is 0.500. The molecule has 0 aromatic carbocycles. The minimum Gasteiger partial charge on any atom is -0.347 e. The Hall–Kier alpha value is -2.06. The molecule has 9 heteroatoms. The minimum atomic E-state index is -4.58. The maximum atomic E-state index is 12.4. The van der Waals surface area contributed by atoms with Gasteiger partial charge in [0, 0.05) is 20.3 Å². The normalized spacial score (nSPS) is 11.2. The average Bonchev–Trinajstić information content (AvgIpc) is 2.78. The first-order valence-electron chi connectivity index (χ1n) is 5.25. The van der Waals surface area contributed by atoms with Gasteiger partial charge in [-0.25, -0.2) is 0 Å².